The van der Waals surface area contributed by atoms with Gasteiger partial charge in [0.05, 0.1) is 16.3 Å². The molecule has 0 radical (unpaired) electrons. The number of rotatable bonds is 5. The van der Waals surface area contributed by atoms with Crippen LogP contribution in [-0.4, -0.2) is 15.5 Å². The molecule has 6 nitrogen and oxygen atoms in total. The number of hydrogen-bond donors (Lipinski definition) is 0. The summed E-state index contributed by atoms with van der Waals surface area (Å²) in [4.78, 5) is 28.5. The third-order valence-corrected chi connectivity index (χ3v) is 4.97. The highest BCUT2D eigenvalue weighted by Gasteiger charge is 2.16. The number of thioether (sulfide) groups is 1. The first kappa shape index (κ1) is 18.6. The van der Waals surface area contributed by atoms with Crippen molar-refractivity contribution in [3.05, 3.63) is 74.5 Å². The van der Waals surface area contributed by atoms with Crippen LogP contribution in [0.5, 0.6) is 5.75 Å². The summed E-state index contributed by atoms with van der Waals surface area (Å²) in [6.45, 7) is 0. The minimum atomic E-state index is -0.792. The van der Waals surface area contributed by atoms with Crippen molar-refractivity contribution in [2.24, 2.45) is 7.05 Å². The molecule has 0 spiro atoms. The van der Waals surface area contributed by atoms with Gasteiger partial charge in [-0.25, -0.2) is 9.78 Å². The summed E-state index contributed by atoms with van der Waals surface area (Å²) in [5.74, 6) is -0.172. The first-order valence-corrected chi connectivity index (χ1v) is 9.07. The molecule has 134 valence electrons. The molecule has 0 unspecified atom stereocenters. The lowest BCUT2D eigenvalue weighted by Gasteiger charge is -2.06. The normalized spacial score (nSPS) is 10.7. The first-order valence-electron chi connectivity index (χ1n) is 7.33. The van der Waals surface area contributed by atoms with Crippen molar-refractivity contribution in [3.8, 4) is 5.75 Å². The monoisotopic (exact) mass is 410 g/mol. The molecular formula is C17H12Cl2N2O4S. The maximum atomic E-state index is 12.2. The zero-order valence-corrected chi connectivity index (χ0v) is 15.8. The number of benzene rings is 1. The van der Waals surface area contributed by atoms with Crippen LogP contribution in [0.25, 0.3) is 0 Å². The Kier molecular flexibility index (Phi) is 5.70. The van der Waals surface area contributed by atoms with Crippen LogP contribution in [0.3, 0.4) is 0 Å². The molecule has 9 heteroatoms. The molecule has 0 saturated heterocycles. The summed E-state index contributed by atoms with van der Waals surface area (Å²) in [7, 11) is 1.87. The van der Waals surface area contributed by atoms with E-state index in [1.165, 1.54) is 30.0 Å². The zero-order valence-electron chi connectivity index (χ0n) is 13.4. The number of aromatic nitrogens is 2. The average Bonchev–Trinajstić information content (AvgIpc) is 3.02. The lowest BCUT2D eigenvalue weighted by Crippen LogP contribution is -2.15. The summed E-state index contributed by atoms with van der Waals surface area (Å²) in [5, 5.41) is 1.29. The van der Waals surface area contributed by atoms with Crippen molar-refractivity contribution in [3.63, 3.8) is 0 Å². The van der Waals surface area contributed by atoms with E-state index in [9.17, 15) is 9.59 Å². The lowest BCUT2D eigenvalue weighted by molar-refractivity contribution is 0.0729. The van der Waals surface area contributed by atoms with E-state index in [-0.39, 0.29) is 16.3 Å². The second kappa shape index (κ2) is 7.99. The Hall–Kier alpha value is -2.22. The number of ether oxygens (including phenoxy) is 1. The summed E-state index contributed by atoms with van der Waals surface area (Å²) in [5.41, 5.74) is -0.411. The lowest BCUT2D eigenvalue weighted by atomic mass is 10.2. The predicted octanol–water partition coefficient (Wildman–Crippen LogP) is 4.19. The van der Waals surface area contributed by atoms with Crippen LogP contribution < -0.4 is 10.2 Å². The van der Waals surface area contributed by atoms with Gasteiger partial charge in [-0.05, 0) is 18.2 Å². The van der Waals surface area contributed by atoms with Gasteiger partial charge in [0, 0.05) is 30.5 Å². The molecular weight excluding hydrogens is 399 g/mol. The molecule has 3 aromatic rings. The molecule has 26 heavy (non-hydrogen) atoms. The van der Waals surface area contributed by atoms with Gasteiger partial charge >= 0.3 is 5.97 Å². The number of carbonyl (C=O) groups is 1. The molecule has 2 aromatic heterocycles. The molecule has 3 rings (SSSR count). The second-order valence-electron chi connectivity index (χ2n) is 5.20. The van der Waals surface area contributed by atoms with Crippen LogP contribution in [-0.2, 0) is 12.8 Å². The number of aryl methyl sites for hydroxylation is 1. The number of esters is 1. The van der Waals surface area contributed by atoms with E-state index in [1.807, 2.05) is 17.8 Å². The van der Waals surface area contributed by atoms with Crippen molar-refractivity contribution in [1.82, 2.24) is 9.55 Å². The highest BCUT2D eigenvalue weighted by atomic mass is 35.5. The second-order valence-corrected chi connectivity index (χ2v) is 6.98. The molecule has 2 heterocycles. The number of nitrogens with zero attached hydrogens (tertiary/aromatic N) is 2. The van der Waals surface area contributed by atoms with Crippen LogP contribution in [0.2, 0.25) is 10.0 Å². The van der Waals surface area contributed by atoms with Gasteiger partial charge in [0.25, 0.3) is 0 Å². The highest BCUT2D eigenvalue weighted by Crippen LogP contribution is 2.23. The number of carbonyl (C=O) groups excluding carboxylic acids is 1. The molecule has 0 atom stereocenters. The summed E-state index contributed by atoms with van der Waals surface area (Å²) in [6, 6.07) is 5.66. The molecule has 0 aliphatic heterocycles. The first-order chi connectivity index (χ1) is 12.4. The fourth-order valence-corrected chi connectivity index (χ4v) is 3.21. The third kappa shape index (κ3) is 4.30. The van der Waals surface area contributed by atoms with Gasteiger partial charge in [-0.2, -0.15) is 0 Å². The molecule has 0 aliphatic rings. The number of halogens is 2. The summed E-state index contributed by atoms with van der Waals surface area (Å²) >= 11 is 13.2. The van der Waals surface area contributed by atoms with Crippen LogP contribution in [0, 0.1) is 0 Å². The van der Waals surface area contributed by atoms with E-state index in [1.54, 1.807) is 12.3 Å². The average molecular weight is 411 g/mol. The van der Waals surface area contributed by atoms with Gasteiger partial charge in [0.1, 0.15) is 12.0 Å². The Balaban J connectivity index is 1.71. The molecule has 0 saturated carbocycles. The van der Waals surface area contributed by atoms with Crippen molar-refractivity contribution in [1.29, 1.82) is 0 Å². The SMILES string of the molecule is Cn1ccnc1SCc1cc(=O)c(OC(=O)c2cc(Cl)ccc2Cl)co1. The van der Waals surface area contributed by atoms with Crippen LogP contribution >= 0.6 is 35.0 Å². The Morgan fingerprint density at radius 2 is 2.15 bits per heavy atom. The van der Waals surface area contributed by atoms with Crippen molar-refractivity contribution in [2.75, 3.05) is 0 Å². The van der Waals surface area contributed by atoms with Crippen molar-refractivity contribution < 1.29 is 13.9 Å². The van der Waals surface area contributed by atoms with E-state index in [4.69, 9.17) is 32.4 Å². The Morgan fingerprint density at radius 3 is 2.85 bits per heavy atom. The molecule has 0 aliphatic carbocycles. The Bertz CT molecular complexity index is 1020. The highest BCUT2D eigenvalue weighted by molar-refractivity contribution is 7.98. The maximum absolute atomic E-state index is 12.2. The van der Waals surface area contributed by atoms with Gasteiger partial charge in [0.15, 0.2) is 5.16 Å². The molecule has 0 N–H and O–H groups in total. The van der Waals surface area contributed by atoms with Crippen LogP contribution in [0.4, 0.5) is 0 Å². The van der Waals surface area contributed by atoms with Gasteiger partial charge < -0.3 is 13.7 Å². The third-order valence-electron chi connectivity index (χ3n) is 3.32. The smallest absolute Gasteiger partial charge is 0.345 e. The van der Waals surface area contributed by atoms with Crippen LogP contribution in [0.15, 0.2) is 57.3 Å². The Morgan fingerprint density at radius 1 is 1.35 bits per heavy atom. The zero-order chi connectivity index (χ0) is 18.7. The van der Waals surface area contributed by atoms with E-state index in [0.29, 0.717) is 16.5 Å². The largest absolute Gasteiger partial charge is 0.464 e. The van der Waals surface area contributed by atoms with E-state index < -0.39 is 11.4 Å². The number of imidazole rings is 1. The summed E-state index contributed by atoms with van der Waals surface area (Å²) < 4.78 is 12.3. The Labute approximate surface area is 162 Å². The minimum absolute atomic E-state index is 0.0629. The van der Waals surface area contributed by atoms with Crippen LogP contribution in [0.1, 0.15) is 16.1 Å². The molecule has 1 aromatic carbocycles. The fourth-order valence-electron chi connectivity index (χ4n) is 2.02. The van der Waals surface area contributed by atoms with Gasteiger partial charge in [0.2, 0.25) is 11.2 Å². The van der Waals surface area contributed by atoms with Gasteiger partial charge in [-0.15, -0.1) is 0 Å². The molecule has 0 fully saturated rings. The minimum Gasteiger partial charge on any atom is -0.464 e. The van der Waals surface area contributed by atoms with Gasteiger partial charge in [-0.1, -0.05) is 35.0 Å². The van der Waals surface area contributed by atoms with E-state index in [2.05, 4.69) is 4.98 Å². The fraction of sp³-hybridized carbons (Fsp3) is 0.118. The standard InChI is InChI=1S/C17H12Cl2N2O4S/c1-21-5-4-20-17(21)26-9-11-7-14(22)15(8-24-11)25-16(23)12-6-10(18)2-3-13(12)19/h2-8H,9H2,1H3. The number of hydrogen-bond acceptors (Lipinski definition) is 6. The van der Waals surface area contributed by atoms with E-state index in [0.717, 1.165) is 11.4 Å². The van der Waals surface area contributed by atoms with Crippen molar-refractivity contribution in [2.45, 2.75) is 10.9 Å². The van der Waals surface area contributed by atoms with E-state index >= 15 is 0 Å². The van der Waals surface area contributed by atoms with Gasteiger partial charge in [-0.3, -0.25) is 4.79 Å². The predicted molar refractivity (Wildman–Crippen MR) is 99.2 cm³/mol. The topological polar surface area (TPSA) is 74.3 Å². The quantitative estimate of drug-likeness (QED) is 0.463. The molecule has 0 amide bonds. The molecule has 0 bridgehead atoms. The maximum Gasteiger partial charge on any atom is 0.345 e. The summed E-state index contributed by atoms with van der Waals surface area (Å²) in [6.07, 6.45) is 4.61. The van der Waals surface area contributed by atoms with Crippen molar-refractivity contribution >= 4 is 40.9 Å².